The third kappa shape index (κ3) is 8.89. The average molecular weight is 562 g/mol. The van der Waals surface area contributed by atoms with Crippen LogP contribution in [0.15, 0.2) is 71.1 Å². The van der Waals surface area contributed by atoms with Crippen molar-refractivity contribution in [1.29, 1.82) is 0 Å². The molecule has 9 nitrogen and oxygen atoms in total. The lowest BCUT2D eigenvalue weighted by atomic mass is 10.1. The first kappa shape index (κ1) is 33.7. The number of nitrogens with two attached hydrogens (primary N) is 1. The number of allylic oxidation sites excluding steroid dienone is 4. The van der Waals surface area contributed by atoms with Crippen molar-refractivity contribution < 1.29 is 37.8 Å². The Labute approximate surface area is 232 Å². The maximum absolute atomic E-state index is 13.4. The van der Waals surface area contributed by atoms with Crippen LogP contribution in [0.1, 0.15) is 44.9 Å². The van der Waals surface area contributed by atoms with Crippen molar-refractivity contribution in [2.24, 2.45) is 17.6 Å². The number of halogens is 2. The SMILES string of the molecule is C=C(C)/C(=C\C=C(/C)C(=O)/C(NC)=C(/C)N)CNC(=O)C1C(C(=O)O)C1(F)F.Cc1ccccc1C(C)OC=O. The highest BCUT2D eigenvalue weighted by atomic mass is 19.3. The molecule has 218 valence electrons. The van der Waals surface area contributed by atoms with E-state index in [2.05, 4.69) is 17.2 Å². The number of Topliss-reactive ketones (excluding diaryl/α,β-unsaturated/α-hetero) is 1. The number of rotatable bonds is 12. The topological polar surface area (TPSA) is 148 Å². The highest BCUT2D eigenvalue weighted by Gasteiger charge is 2.75. The van der Waals surface area contributed by atoms with Gasteiger partial charge in [0.15, 0.2) is 0 Å². The van der Waals surface area contributed by atoms with Gasteiger partial charge in [-0.05, 0) is 56.9 Å². The van der Waals surface area contributed by atoms with Gasteiger partial charge in [-0.15, -0.1) is 0 Å². The first-order valence-electron chi connectivity index (χ1n) is 12.4. The number of amides is 1. The van der Waals surface area contributed by atoms with E-state index in [0.717, 1.165) is 11.1 Å². The Balaban J connectivity index is 0.000000552. The molecule has 3 atom stereocenters. The van der Waals surface area contributed by atoms with Crippen molar-refractivity contribution in [2.45, 2.75) is 46.6 Å². The minimum atomic E-state index is -3.55. The largest absolute Gasteiger partial charge is 0.481 e. The van der Waals surface area contributed by atoms with Crippen molar-refractivity contribution in [3.05, 3.63) is 82.2 Å². The number of carboxylic acids is 1. The van der Waals surface area contributed by atoms with Gasteiger partial charge in [0.25, 0.3) is 12.4 Å². The van der Waals surface area contributed by atoms with Crippen LogP contribution < -0.4 is 16.4 Å². The summed E-state index contributed by atoms with van der Waals surface area (Å²) in [4.78, 5) is 45.0. The number of hydrogen-bond acceptors (Lipinski definition) is 7. The van der Waals surface area contributed by atoms with E-state index in [0.29, 0.717) is 28.9 Å². The number of carboxylic acid groups (broad SMARTS) is 1. The fraction of sp³-hybridized carbons (Fsp3) is 0.379. The van der Waals surface area contributed by atoms with E-state index in [1.165, 1.54) is 12.2 Å². The quantitative estimate of drug-likeness (QED) is 0.171. The number of aryl methyl sites for hydroxylation is 1. The number of benzene rings is 1. The normalized spacial score (nSPS) is 19.1. The molecule has 0 saturated heterocycles. The van der Waals surface area contributed by atoms with Crippen molar-refractivity contribution >= 4 is 24.1 Å². The summed E-state index contributed by atoms with van der Waals surface area (Å²) < 4.78 is 31.7. The van der Waals surface area contributed by atoms with Crippen LogP contribution in [-0.2, 0) is 23.9 Å². The number of ether oxygens (including phenoxy) is 1. The maximum atomic E-state index is 13.4. The number of alkyl halides is 2. The Bertz CT molecular complexity index is 1230. The molecule has 0 aromatic heterocycles. The van der Waals surface area contributed by atoms with Gasteiger partial charge in [0.1, 0.15) is 23.6 Å². The van der Waals surface area contributed by atoms with Gasteiger partial charge in [0.05, 0.1) is 0 Å². The average Bonchev–Trinajstić information content (AvgIpc) is 3.46. The molecule has 11 heteroatoms. The molecular weight excluding hydrogens is 524 g/mol. The van der Waals surface area contributed by atoms with E-state index in [1.807, 2.05) is 38.1 Å². The van der Waals surface area contributed by atoms with Crippen LogP contribution in [-0.4, -0.2) is 48.8 Å². The Kier molecular flexibility index (Phi) is 12.5. The molecule has 1 amide bonds. The zero-order valence-electron chi connectivity index (χ0n) is 23.5. The van der Waals surface area contributed by atoms with Crippen LogP contribution in [0.5, 0.6) is 0 Å². The van der Waals surface area contributed by atoms with E-state index in [9.17, 15) is 28.0 Å². The first-order valence-corrected chi connectivity index (χ1v) is 12.4. The lowest BCUT2D eigenvalue weighted by Gasteiger charge is -2.11. The Morgan fingerprint density at radius 2 is 1.77 bits per heavy atom. The molecule has 5 N–H and O–H groups in total. The summed E-state index contributed by atoms with van der Waals surface area (Å²) in [5.74, 6) is -10.5. The summed E-state index contributed by atoms with van der Waals surface area (Å²) >= 11 is 0. The molecule has 3 unspecified atom stereocenters. The first-order chi connectivity index (χ1) is 18.6. The fourth-order valence-corrected chi connectivity index (χ4v) is 3.79. The summed E-state index contributed by atoms with van der Waals surface area (Å²) in [6.45, 7) is 12.8. The van der Waals surface area contributed by atoms with Gasteiger partial charge < -0.3 is 26.2 Å². The van der Waals surface area contributed by atoms with Crippen LogP contribution in [0, 0.1) is 18.8 Å². The molecule has 2 rings (SSSR count). The minimum absolute atomic E-state index is 0.129. The molecular formula is C29H37F2N3O6. The number of likely N-dealkylation sites (N-methyl/N-ethyl adjacent to an activating group) is 1. The smallest absolute Gasteiger partial charge is 0.313 e. The Hall–Kier alpha value is -4.28. The van der Waals surface area contributed by atoms with E-state index in [4.69, 9.17) is 15.6 Å². The van der Waals surface area contributed by atoms with Crippen LogP contribution >= 0.6 is 0 Å². The molecule has 0 aliphatic heterocycles. The molecule has 0 bridgehead atoms. The molecule has 1 saturated carbocycles. The van der Waals surface area contributed by atoms with Crippen molar-refractivity contribution in [1.82, 2.24) is 10.6 Å². The molecule has 40 heavy (non-hydrogen) atoms. The number of hydrogen-bond donors (Lipinski definition) is 4. The van der Waals surface area contributed by atoms with E-state index in [1.54, 1.807) is 27.8 Å². The van der Waals surface area contributed by atoms with Gasteiger partial charge in [0.2, 0.25) is 11.7 Å². The van der Waals surface area contributed by atoms with Gasteiger partial charge in [-0.25, -0.2) is 8.78 Å². The lowest BCUT2D eigenvalue weighted by molar-refractivity contribution is -0.141. The summed E-state index contributed by atoms with van der Waals surface area (Å²) in [7, 11) is 1.57. The second-order valence-electron chi connectivity index (χ2n) is 9.38. The molecule has 1 fully saturated rings. The van der Waals surface area contributed by atoms with Crippen molar-refractivity contribution in [2.75, 3.05) is 13.6 Å². The summed E-state index contributed by atoms with van der Waals surface area (Å²) in [6.07, 6.45) is 2.89. The van der Waals surface area contributed by atoms with Crippen LogP contribution in [0.25, 0.3) is 0 Å². The third-order valence-electron chi connectivity index (χ3n) is 6.25. The maximum Gasteiger partial charge on any atom is 0.313 e. The second kappa shape index (κ2) is 14.8. The van der Waals surface area contributed by atoms with Gasteiger partial charge >= 0.3 is 5.97 Å². The summed E-state index contributed by atoms with van der Waals surface area (Å²) in [5, 5.41) is 13.8. The highest BCUT2D eigenvalue weighted by molar-refractivity contribution is 6.07. The number of carbonyl (C=O) groups excluding carboxylic acids is 3. The predicted molar refractivity (Wildman–Crippen MR) is 147 cm³/mol. The van der Waals surface area contributed by atoms with Gasteiger partial charge in [-0.3, -0.25) is 19.2 Å². The summed E-state index contributed by atoms with van der Waals surface area (Å²) in [6, 6.07) is 7.86. The van der Waals surface area contributed by atoms with Crippen LogP contribution in [0.3, 0.4) is 0 Å². The van der Waals surface area contributed by atoms with E-state index < -0.39 is 29.6 Å². The minimum Gasteiger partial charge on any atom is -0.481 e. The molecule has 0 spiro atoms. The number of nitrogens with one attached hydrogen (secondary N) is 2. The van der Waals surface area contributed by atoms with E-state index >= 15 is 0 Å². The molecule has 1 aliphatic carbocycles. The van der Waals surface area contributed by atoms with Crippen molar-refractivity contribution in [3.8, 4) is 0 Å². The van der Waals surface area contributed by atoms with Gasteiger partial charge in [0, 0.05) is 19.3 Å². The monoisotopic (exact) mass is 561 g/mol. The summed E-state index contributed by atoms with van der Waals surface area (Å²) in [5.41, 5.74) is 9.84. The molecule has 0 radical (unpaired) electrons. The molecule has 1 aliphatic rings. The Morgan fingerprint density at radius 1 is 1.18 bits per heavy atom. The lowest BCUT2D eigenvalue weighted by Crippen LogP contribution is -2.29. The number of ketones is 1. The molecule has 1 aromatic rings. The highest BCUT2D eigenvalue weighted by Crippen LogP contribution is 2.55. The van der Waals surface area contributed by atoms with Crippen molar-refractivity contribution in [3.63, 3.8) is 0 Å². The molecule has 0 heterocycles. The van der Waals surface area contributed by atoms with Gasteiger partial charge in [-0.2, -0.15) is 0 Å². The van der Waals surface area contributed by atoms with Gasteiger partial charge in [-0.1, -0.05) is 48.6 Å². The Morgan fingerprint density at radius 3 is 2.23 bits per heavy atom. The number of aliphatic carboxylic acids is 1. The standard InChI is InChI=1S/C19H25F2N3O4.C10H12O2/c1-9(2)12(7-6-10(3)16(25)15(23-5)11(4)22)8-24-17(26)13-14(18(27)28)19(13,20)21;1-8-5-3-4-6-10(8)9(2)12-7-11/h6-7,13-14,23H,1,8,22H2,2-5H3,(H,24,26)(H,27,28);3-7,9H,1-2H3/b10-6+,12-7-,15-11+;. The van der Waals surface area contributed by atoms with Crippen LogP contribution in [0.4, 0.5) is 8.78 Å². The zero-order valence-corrected chi connectivity index (χ0v) is 23.5. The molecule has 1 aromatic carbocycles. The van der Waals surface area contributed by atoms with Crippen LogP contribution in [0.2, 0.25) is 0 Å². The predicted octanol–water partition coefficient (Wildman–Crippen LogP) is 3.73. The number of carbonyl (C=O) groups is 4. The fourth-order valence-electron chi connectivity index (χ4n) is 3.79. The zero-order chi connectivity index (χ0) is 30.8. The second-order valence-corrected chi connectivity index (χ2v) is 9.38. The van der Waals surface area contributed by atoms with E-state index in [-0.39, 0.29) is 24.1 Å². The third-order valence-corrected chi connectivity index (χ3v) is 6.25.